The zero-order valence-corrected chi connectivity index (χ0v) is 15.0. The third-order valence-electron chi connectivity index (χ3n) is 4.26. The van der Waals surface area contributed by atoms with Crippen LogP contribution in [0.15, 0.2) is 23.6 Å². The van der Waals surface area contributed by atoms with Crippen molar-refractivity contribution in [3.05, 3.63) is 29.1 Å². The molecular weight excluding hydrogens is 304 g/mol. The topological polar surface area (TPSA) is 70.1 Å². The predicted octanol–water partition coefficient (Wildman–Crippen LogP) is 2.35. The Morgan fingerprint density at radius 3 is 2.58 bits per heavy atom. The highest BCUT2D eigenvalue weighted by atomic mass is 16.5. The lowest BCUT2D eigenvalue weighted by molar-refractivity contribution is -0.0238. The molecule has 1 saturated heterocycles. The van der Waals surface area contributed by atoms with E-state index in [-0.39, 0.29) is 6.10 Å². The van der Waals surface area contributed by atoms with Crippen LogP contribution in [0.4, 0.5) is 0 Å². The molecule has 0 radical (unpaired) electrons. The first-order chi connectivity index (χ1) is 11.8. The SMILES string of the molecule is CCCCOC1=CC(=[N+]=[N-])C(OCCCC)C=C1N1CCNCC1. The maximum absolute atomic E-state index is 9.36. The number of unbranched alkanes of at least 4 members (excludes halogenated alkanes) is 2. The van der Waals surface area contributed by atoms with Gasteiger partial charge in [0.1, 0.15) is 5.76 Å². The molecular formula is C18H30N4O2. The number of nitrogens with one attached hydrogen (secondary N) is 1. The summed E-state index contributed by atoms with van der Waals surface area (Å²) in [5.41, 5.74) is 10.9. The van der Waals surface area contributed by atoms with E-state index < -0.39 is 0 Å². The van der Waals surface area contributed by atoms with Gasteiger partial charge >= 0.3 is 5.71 Å². The first kappa shape index (κ1) is 18.7. The van der Waals surface area contributed by atoms with E-state index in [1.165, 1.54) is 0 Å². The van der Waals surface area contributed by atoms with E-state index in [2.05, 4.69) is 28.9 Å². The lowest BCUT2D eigenvalue weighted by Gasteiger charge is -2.34. The van der Waals surface area contributed by atoms with Crippen LogP contribution in [0.2, 0.25) is 0 Å². The van der Waals surface area contributed by atoms with Gasteiger partial charge in [-0.2, -0.15) is 4.79 Å². The van der Waals surface area contributed by atoms with Gasteiger partial charge in [-0.25, -0.2) is 0 Å². The molecule has 0 bridgehead atoms. The van der Waals surface area contributed by atoms with Crippen molar-refractivity contribution < 1.29 is 14.3 Å². The molecule has 1 fully saturated rings. The molecule has 0 aromatic carbocycles. The fraction of sp³-hybridized carbons (Fsp3) is 0.722. The highest BCUT2D eigenvalue weighted by Gasteiger charge is 2.31. The molecule has 0 spiro atoms. The minimum atomic E-state index is -0.315. The molecule has 0 aromatic rings. The van der Waals surface area contributed by atoms with E-state index in [1.807, 2.05) is 12.2 Å². The number of hydrogen-bond acceptors (Lipinski definition) is 4. The first-order valence-corrected chi connectivity index (χ1v) is 9.16. The molecule has 134 valence electrons. The second-order valence-electron chi connectivity index (χ2n) is 6.17. The lowest BCUT2D eigenvalue weighted by Crippen LogP contribution is -2.44. The largest absolute Gasteiger partial charge is 0.491 e. The molecule has 1 heterocycles. The van der Waals surface area contributed by atoms with Gasteiger partial charge in [-0.3, -0.25) is 0 Å². The van der Waals surface area contributed by atoms with Crippen LogP contribution < -0.4 is 5.32 Å². The Balaban J connectivity index is 2.16. The van der Waals surface area contributed by atoms with E-state index in [0.29, 0.717) is 18.9 Å². The average Bonchev–Trinajstić information content (AvgIpc) is 2.63. The summed E-state index contributed by atoms with van der Waals surface area (Å²) in [6.45, 7) is 9.40. The molecule has 1 aliphatic heterocycles. The van der Waals surface area contributed by atoms with Gasteiger partial charge in [-0.15, -0.1) is 0 Å². The zero-order chi connectivity index (χ0) is 17.2. The Morgan fingerprint density at radius 2 is 1.92 bits per heavy atom. The minimum absolute atomic E-state index is 0.315. The molecule has 0 amide bonds. The van der Waals surface area contributed by atoms with Crippen molar-refractivity contribution in [1.82, 2.24) is 10.2 Å². The van der Waals surface area contributed by atoms with Crippen LogP contribution in [0, 0.1) is 0 Å². The molecule has 1 aliphatic carbocycles. The highest BCUT2D eigenvalue weighted by Crippen LogP contribution is 2.24. The van der Waals surface area contributed by atoms with Gasteiger partial charge in [0.2, 0.25) is 0 Å². The monoisotopic (exact) mass is 334 g/mol. The van der Waals surface area contributed by atoms with Gasteiger partial charge in [-0.05, 0) is 18.9 Å². The summed E-state index contributed by atoms with van der Waals surface area (Å²) in [7, 11) is 0. The number of nitrogens with zero attached hydrogens (tertiary/aromatic N) is 3. The summed E-state index contributed by atoms with van der Waals surface area (Å²) in [5.74, 6) is 0.786. The Morgan fingerprint density at radius 1 is 1.21 bits per heavy atom. The average molecular weight is 334 g/mol. The highest BCUT2D eigenvalue weighted by molar-refractivity contribution is 5.97. The van der Waals surface area contributed by atoms with Crippen molar-refractivity contribution in [2.24, 2.45) is 0 Å². The van der Waals surface area contributed by atoms with Crippen LogP contribution >= 0.6 is 0 Å². The molecule has 2 rings (SSSR count). The Labute approximate surface area is 145 Å². The number of hydrogen-bond donors (Lipinski definition) is 1. The quantitative estimate of drug-likeness (QED) is 0.399. The van der Waals surface area contributed by atoms with Gasteiger partial charge in [0.15, 0.2) is 6.10 Å². The summed E-state index contributed by atoms with van der Waals surface area (Å²) >= 11 is 0. The van der Waals surface area contributed by atoms with Crippen molar-refractivity contribution in [2.45, 2.75) is 45.6 Å². The van der Waals surface area contributed by atoms with Gasteiger partial charge in [-0.1, -0.05) is 26.7 Å². The van der Waals surface area contributed by atoms with Crippen molar-refractivity contribution in [3.63, 3.8) is 0 Å². The van der Waals surface area contributed by atoms with Gasteiger partial charge in [0.25, 0.3) is 0 Å². The summed E-state index contributed by atoms with van der Waals surface area (Å²) < 4.78 is 11.9. The molecule has 1 atom stereocenters. The van der Waals surface area contributed by atoms with Crippen LogP contribution in [0.1, 0.15) is 39.5 Å². The third-order valence-corrected chi connectivity index (χ3v) is 4.26. The fourth-order valence-electron chi connectivity index (χ4n) is 2.78. The number of rotatable bonds is 9. The van der Waals surface area contributed by atoms with Crippen LogP contribution in [-0.2, 0) is 9.47 Å². The van der Waals surface area contributed by atoms with Crippen molar-refractivity contribution in [1.29, 1.82) is 0 Å². The predicted molar refractivity (Wildman–Crippen MR) is 94.7 cm³/mol. The summed E-state index contributed by atoms with van der Waals surface area (Å²) in [6.07, 6.45) is 7.72. The fourth-order valence-corrected chi connectivity index (χ4v) is 2.78. The van der Waals surface area contributed by atoms with Gasteiger partial charge < -0.3 is 25.2 Å². The van der Waals surface area contributed by atoms with E-state index in [4.69, 9.17) is 9.47 Å². The van der Waals surface area contributed by atoms with Crippen LogP contribution in [-0.4, -0.2) is 60.9 Å². The lowest BCUT2D eigenvalue weighted by atomic mass is 10.0. The maximum atomic E-state index is 9.36. The van der Waals surface area contributed by atoms with E-state index in [0.717, 1.165) is 63.3 Å². The van der Waals surface area contributed by atoms with Crippen LogP contribution in [0.3, 0.4) is 0 Å². The van der Waals surface area contributed by atoms with E-state index >= 15 is 0 Å². The van der Waals surface area contributed by atoms with E-state index in [9.17, 15) is 5.53 Å². The van der Waals surface area contributed by atoms with Crippen molar-refractivity contribution in [3.8, 4) is 0 Å². The zero-order valence-electron chi connectivity index (χ0n) is 15.0. The Kier molecular flexibility index (Phi) is 8.02. The molecule has 0 saturated carbocycles. The minimum Gasteiger partial charge on any atom is -0.491 e. The van der Waals surface area contributed by atoms with E-state index in [1.54, 1.807) is 0 Å². The first-order valence-electron chi connectivity index (χ1n) is 9.16. The number of ether oxygens (including phenoxy) is 2. The standard InChI is InChI=1S/C18H30N4O2/c1-3-5-11-23-17-14-16(22-9-7-20-8-10-22)18(13-15(17)21-19)24-12-6-4-2/h13-14,17,20H,3-12H2,1-2H3. The second-order valence-corrected chi connectivity index (χ2v) is 6.17. The summed E-state index contributed by atoms with van der Waals surface area (Å²) in [6, 6.07) is 0. The molecule has 1 unspecified atom stereocenters. The van der Waals surface area contributed by atoms with Crippen molar-refractivity contribution in [2.75, 3.05) is 39.4 Å². The molecule has 6 heteroatoms. The number of piperazine rings is 1. The molecule has 1 N–H and O–H groups in total. The Bertz CT molecular complexity index is 503. The Hall–Kier alpha value is -1.62. The van der Waals surface area contributed by atoms with Crippen molar-refractivity contribution >= 4 is 5.71 Å². The summed E-state index contributed by atoms with van der Waals surface area (Å²) in [4.78, 5) is 5.74. The van der Waals surface area contributed by atoms with Crippen LogP contribution in [0.5, 0.6) is 0 Å². The molecule has 24 heavy (non-hydrogen) atoms. The molecule has 2 aliphatic rings. The smallest absolute Gasteiger partial charge is 0.328 e. The molecule has 0 aromatic heterocycles. The maximum Gasteiger partial charge on any atom is 0.328 e. The van der Waals surface area contributed by atoms with Crippen LogP contribution in [0.25, 0.3) is 5.53 Å². The van der Waals surface area contributed by atoms with Gasteiger partial charge in [0, 0.05) is 32.8 Å². The normalized spacial score (nSPS) is 21.2. The second kappa shape index (κ2) is 10.3. The third kappa shape index (κ3) is 5.20. The van der Waals surface area contributed by atoms with Gasteiger partial charge in [0.05, 0.1) is 18.4 Å². The summed E-state index contributed by atoms with van der Waals surface area (Å²) in [5, 5.41) is 3.37. The molecule has 6 nitrogen and oxygen atoms in total.